The van der Waals surface area contributed by atoms with Crippen molar-refractivity contribution in [1.29, 1.82) is 0 Å². The van der Waals surface area contributed by atoms with Crippen molar-refractivity contribution in [2.45, 2.75) is 59.7 Å². The average Bonchev–Trinajstić information content (AvgIpc) is 1.78. The summed E-state index contributed by atoms with van der Waals surface area (Å²) in [5.74, 6) is 0. The molecule has 0 fully saturated rings. The van der Waals surface area contributed by atoms with E-state index in [1.165, 1.54) is 0 Å². The Bertz CT molecular complexity index is 182. The Labute approximate surface area is 87.6 Å². The first-order chi connectivity index (χ1) is 6.16. The van der Waals surface area contributed by atoms with Gasteiger partial charge in [0.25, 0.3) is 0 Å². The molecule has 0 rings (SSSR count). The van der Waals surface area contributed by atoms with Crippen molar-refractivity contribution in [3.8, 4) is 0 Å². The summed E-state index contributed by atoms with van der Waals surface area (Å²) in [6, 6.07) is 0. The average molecular weight is 199 g/mol. The van der Waals surface area contributed by atoms with Crippen molar-refractivity contribution < 1.29 is 4.79 Å². The van der Waals surface area contributed by atoms with Crippen molar-refractivity contribution in [2.24, 2.45) is 5.41 Å². The maximum Gasteiger partial charge on any atom is 0.310 e. The minimum absolute atomic E-state index is 0.0154. The van der Waals surface area contributed by atoms with Gasteiger partial charge in [0.1, 0.15) is 0 Å². The molecule has 2 N–H and O–H groups in total. The van der Waals surface area contributed by atoms with Crippen LogP contribution in [0.3, 0.4) is 0 Å². The molecule has 0 aromatic carbocycles. The molecule has 1 atom stereocenters. The summed E-state index contributed by atoms with van der Waals surface area (Å²) >= 11 is 0. The van der Waals surface area contributed by atoms with Gasteiger partial charge in [-0.2, -0.15) is 0 Å². The molecule has 0 aromatic heterocycles. The van der Waals surface area contributed by atoms with Crippen LogP contribution in [0.1, 0.15) is 48.0 Å². The van der Waals surface area contributed by atoms with E-state index in [0.717, 1.165) is 6.42 Å². The second kappa shape index (κ2) is 4.78. The van der Waals surface area contributed by atoms with E-state index in [1.807, 2.05) is 6.92 Å². The van der Waals surface area contributed by atoms with Crippen LogP contribution >= 0.6 is 0 Å². The van der Waals surface area contributed by atoms with Crippen LogP contribution in [-0.4, -0.2) is 18.1 Å². The fraction of sp³-hybridized carbons (Fsp3) is 0.909. The first-order valence-corrected chi connectivity index (χ1v) is 5.07. The fourth-order valence-corrected chi connectivity index (χ4v) is 2.09. The molecule has 3 nitrogen and oxygen atoms in total. The van der Waals surface area contributed by atoms with Crippen LogP contribution in [0.4, 0.5) is 0 Å². The molecule has 1 radical (unpaired) electrons. The van der Waals surface area contributed by atoms with Gasteiger partial charge in [-0.3, -0.25) is 10.1 Å². The van der Waals surface area contributed by atoms with Gasteiger partial charge >= 0.3 is 6.41 Å². The third-order valence-corrected chi connectivity index (χ3v) is 1.85. The first-order valence-electron chi connectivity index (χ1n) is 5.07. The Morgan fingerprint density at radius 1 is 1.21 bits per heavy atom. The van der Waals surface area contributed by atoms with Crippen LogP contribution in [0, 0.1) is 5.41 Å². The van der Waals surface area contributed by atoms with Crippen molar-refractivity contribution in [1.82, 2.24) is 10.6 Å². The van der Waals surface area contributed by atoms with E-state index < -0.39 is 0 Å². The molecule has 0 aliphatic rings. The molecule has 0 heterocycles. The van der Waals surface area contributed by atoms with Gasteiger partial charge in [0.2, 0.25) is 0 Å². The van der Waals surface area contributed by atoms with Gasteiger partial charge in [0.15, 0.2) is 0 Å². The summed E-state index contributed by atoms with van der Waals surface area (Å²) in [7, 11) is 0. The Balaban J connectivity index is 4.12. The summed E-state index contributed by atoms with van der Waals surface area (Å²) in [4.78, 5) is 10.1. The van der Waals surface area contributed by atoms with Crippen LogP contribution in [0.15, 0.2) is 0 Å². The van der Waals surface area contributed by atoms with Crippen molar-refractivity contribution >= 4 is 6.41 Å². The maximum absolute atomic E-state index is 10.1. The number of hydrogen-bond acceptors (Lipinski definition) is 2. The summed E-state index contributed by atoms with van der Waals surface area (Å²) < 4.78 is 0. The van der Waals surface area contributed by atoms with Gasteiger partial charge in [-0.25, -0.2) is 0 Å². The van der Waals surface area contributed by atoms with Gasteiger partial charge in [-0.1, -0.05) is 20.8 Å². The predicted octanol–water partition coefficient (Wildman–Crippen LogP) is 1.79. The van der Waals surface area contributed by atoms with Crippen molar-refractivity contribution in [3.05, 3.63) is 0 Å². The molecule has 0 aromatic rings. The Kier molecular flexibility index (Phi) is 4.59. The van der Waals surface area contributed by atoms with Crippen LogP contribution in [0.25, 0.3) is 0 Å². The predicted molar refractivity (Wildman–Crippen MR) is 59.6 cm³/mol. The minimum atomic E-state index is -0.0372. The van der Waals surface area contributed by atoms with Gasteiger partial charge in [0, 0.05) is 5.54 Å². The molecule has 0 aliphatic carbocycles. The Morgan fingerprint density at radius 3 is 2.07 bits per heavy atom. The maximum atomic E-state index is 10.1. The molecule has 14 heavy (non-hydrogen) atoms. The molecule has 0 bridgehead atoms. The third kappa shape index (κ3) is 6.89. The normalized spacial score (nSPS) is 15.0. The third-order valence-electron chi connectivity index (χ3n) is 1.85. The molecule has 1 unspecified atom stereocenters. The molecule has 83 valence electrons. The number of carbonyl (C=O) groups excluding carboxylic acids is 1. The summed E-state index contributed by atoms with van der Waals surface area (Å²) in [5, 5.41) is 5.91. The highest BCUT2D eigenvalue weighted by Gasteiger charge is 2.26. The number of rotatable bonds is 5. The highest BCUT2D eigenvalue weighted by molar-refractivity contribution is 5.47. The van der Waals surface area contributed by atoms with Crippen molar-refractivity contribution in [2.75, 3.05) is 0 Å². The monoisotopic (exact) mass is 199 g/mol. The van der Waals surface area contributed by atoms with E-state index in [-0.39, 0.29) is 17.1 Å². The van der Waals surface area contributed by atoms with E-state index >= 15 is 0 Å². The zero-order valence-electron chi connectivity index (χ0n) is 10.2. The molecule has 0 spiro atoms. The van der Waals surface area contributed by atoms with Crippen LogP contribution < -0.4 is 10.6 Å². The first kappa shape index (κ1) is 13.4. The molecule has 0 saturated carbocycles. The van der Waals surface area contributed by atoms with Crippen molar-refractivity contribution in [3.63, 3.8) is 0 Å². The van der Waals surface area contributed by atoms with Crippen LogP contribution in [-0.2, 0) is 4.79 Å². The second-order valence-corrected chi connectivity index (χ2v) is 5.73. The van der Waals surface area contributed by atoms with Gasteiger partial charge in [0.05, 0.1) is 6.17 Å². The topological polar surface area (TPSA) is 41.1 Å². The van der Waals surface area contributed by atoms with E-state index in [2.05, 4.69) is 45.3 Å². The molecular weight excluding hydrogens is 176 g/mol. The van der Waals surface area contributed by atoms with E-state index in [9.17, 15) is 4.79 Å². The molecule has 1 amide bonds. The molecule has 3 heteroatoms. The zero-order valence-corrected chi connectivity index (χ0v) is 10.2. The lowest BCUT2D eigenvalue weighted by Crippen LogP contribution is -2.52. The summed E-state index contributed by atoms with van der Waals surface area (Å²) in [5.41, 5.74) is 0.294. The number of amides is 1. The quantitative estimate of drug-likeness (QED) is 0.523. The molecular formula is C11H23N2O. The lowest BCUT2D eigenvalue weighted by Gasteiger charge is -2.35. The van der Waals surface area contributed by atoms with E-state index in [0.29, 0.717) is 0 Å². The molecule has 0 saturated heterocycles. The van der Waals surface area contributed by atoms with Crippen LogP contribution in [0.5, 0.6) is 0 Å². The van der Waals surface area contributed by atoms with E-state index in [1.54, 1.807) is 6.41 Å². The Hall–Kier alpha value is -0.570. The molecule has 0 aliphatic heterocycles. The zero-order chi connectivity index (χ0) is 11.4. The lowest BCUT2D eigenvalue weighted by molar-refractivity contribution is 0.222. The van der Waals surface area contributed by atoms with E-state index in [4.69, 9.17) is 0 Å². The van der Waals surface area contributed by atoms with Gasteiger partial charge in [-0.05, 0) is 32.6 Å². The number of nitrogens with one attached hydrogen (secondary N) is 2. The summed E-state index contributed by atoms with van der Waals surface area (Å²) in [6.07, 6.45) is 2.70. The van der Waals surface area contributed by atoms with Crippen LogP contribution in [0.2, 0.25) is 0 Å². The Morgan fingerprint density at radius 2 is 1.71 bits per heavy atom. The largest absolute Gasteiger partial charge is 0.333 e. The van der Waals surface area contributed by atoms with Gasteiger partial charge < -0.3 is 5.32 Å². The standard InChI is InChI=1S/C11H23N2O/c1-9(12-8-14)13-11(5,6)7-10(2,3)4/h9,13H,7H2,1-6H3,(H,12,14). The second-order valence-electron chi connectivity index (χ2n) is 5.73. The smallest absolute Gasteiger partial charge is 0.310 e. The number of hydrogen-bond donors (Lipinski definition) is 2. The van der Waals surface area contributed by atoms with Gasteiger partial charge in [-0.15, -0.1) is 0 Å². The minimum Gasteiger partial charge on any atom is -0.333 e. The SMILES string of the molecule is CC(N[C]=O)NC(C)(C)CC(C)(C)C. The lowest BCUT2D eigenvalue weighted by atomic mass is 9.82. The highest BCUT2D eigenvalue weighted by atomic mass is 16.1. The summed E-state index contributed by atoms with van der Waals surface area (Å²) in [6.45, 7) is 12.8. The fourth-order valence-electron chi connectivity index (χ4n) is 2.09. The highest BCUT2D eigenvalue weighted by Crippen LogP contribution is 2.26.